The van der Waals surface area contributed by atoms with Crippen LogP contribution < -0.4 is 4.74 Å². The lowest BCUT2D eigenvalue weighted by atomic mass is 9.58. The molecule has 2 fully saturated rings. The predicted octanol–water partition coefficient (Wildman–Crippen LogP) is 5.61. The van der Waals surface area contributed by atoms with E-state index in [9.17, 15) is 0 Å². The van der Waals surface area contributed by atoms with E-state index in [-0.39, 0.29) is 5.41 Å². The zero-order chi connectivity index (χ0) is 21.2. The van der Waals surface area contributed by atoms with Crippen LogP contribution in [-0.4, -0.2) is 36.2 Å². The van der Waals surface area contributed by atoms with E-state index in [1.54, 1.807) is 12.7 Å². The number of ether oxygens (including phenoxy) is 1. The molecule has 162 valence electrons. The molecule has 1 aromatic heterocycles. The Balaban J connectivity index is 1.47. The fourth-order valence-electron chi connectivity index (χ4n) is 6.42. The van der Waals surface area contributed by atoms with Crippen molar-refractivity contribution in [1.82, 2.24) is 9.47 Å². The molecule has 2 heterocycles. The van der Waals surface area contributed by atoms with Gasteiger partial charge >= 0.3 is 0 Å². The molecule has 1 aliphatic heterocycles. The number of hydrogen-bond donors (Lipinski definition) is 0. The molecular weight excluding hydrogens is 404 g/mol. The number of methoxy groups -OCH3 is 1. The summed E-state index contributed by atoms with van der Waals surface area (Å²) in [6.45, 7) is 3.70. The van der Waals surface area contributed by atoms with Crippen LogP contribution in [0.15, 0.2) is 42.5 Å². The van der Waals surface area contributed by atoms with Crippen LogP contribution in [0.2, 0.25) is 5.02 Å². The number of rotatable bonds is 4. The molecule has 3 aliphatic rings. The zero-order valence-electron chi connectivity index (χ0n) is 18.5. The van der Waals surface area contributed by atoms with E-state index < -0.39 is 0 Å². The summed E-state index contributed by atoms with van der Waals surface area (Å²) in [6.07, 6.45) is 6.32. The van der Waals surface area contributed by atoms with Gasteiger partial charge in [-0.2, -0.15) is 0 Å². The third kappa shape index (κ3) is 3.20. The number of halogens is 1. The lowest BCUT2D eigenvalue weighted by Gasteiger charge is -2.51. The van der Waals surface area contributed by atoms with Gasteiger partial charge in [0.05, 0.1) is 7.11 Å². The summed E-state index contributed by atoms with van der Waals surface area (Å²) >= 11 is 6.37. The number of hydrogen-bond acceptors (Lipinski definition) is 2. The minimum Gasteiger partial charge on any atom is -0.497 e. The van der Waals surface area contributed by atoms with E-state index in [4.69, 9.17) is 16.3 Å². The van der Waals surface area contributed by atoms with Gasteiger partial charge in [-0.3, -0.25) is 0 Å². The van der Waals surface area contributed by atoms with Crippen molar-refractivity contribution in [3.8, 4) is 5.75 Å². The molecule has 6 rings (SSSR count). The zero-order valence-corrected chi connectivity index (χ0v) is 19.3. The van der Waals surface area contributed by atoms with Crippen LogP contribution in [0.1, 0.15) is 36.1 Å². The third-order valence-electron chi connectivity index (χ3n) is 8.33. The second kappa shape index (κ2) is 7.28. The van der Waals surface area contributed by atoms with Gasteiger partial charge in [-0.25, -0.2) is 0 Å². The Morgan fingerprint density at radius 1 is 1.16 bits per heavy atom. The second-order valence-corrected chi connectivity index (χ2v) is 10.5. The molecule has 3 aromatic rings. The summed E-state index contributed by atoms with van der Waals surface area (Å²) in [7, 11) is 4.00. The van der Waals surface area contributed by atoms with E-state index in [0.717, 1.165) is 29.5 Å². The fourth-order valence-corrected chi connectivity index (χ4v) is 6.58. The molecule has 2 unspecified atom stereocenters. The smallest absolute Gasteiger partial charge is 0.119 e. The van der Waals surface area contributed by atoms with Gasteiger partial charge in [-0.1, -0.05) is 29.8 Å². The Hall–Kier alpha value is -1.97. The molecule has 1 saturated carbocycles. The number of nitrogens with zero attached hydrogens (tertiary/aromatic N) is 2. The van der Waals surface area contributed by atoms with Gasteiger partial charge in [-0.05, 0) is 85.9 Å². The summed E-state index contributed by atoms with van der Waals surface area (Å²) in [5.41, 5.74) is 5.94. The Labute approximate surface area is 189 Å². The van der Waals surface area contributed by atoms with E-state index >= 15 is 0 Å². The van der Waals surface area contributed by atoms with Gasteiger partial charge in [0.2, 0.25) is 0 Å². The first-order chi connectivity index (χ1) is 15.1. The summed E-state index contributed by atoms with van der Waals surface area (Å²) in [6, 6.07) is 15.3. The van der Waals surface area contributed by atoms with Crippen molar-refractivity contribution in [3.63, 3.8) is 0 Å². The van der Waals surface area contributed by atoms with E-state index in [1.165, 1.54) is 61.1 Å². The Morgan fingerprint density at radius 2 is 2.03 bits per heavy atom. The SMILES string of the molecule is COc1cccc(C23CCN(CC4CC4)CC2Cc2c(n(C)c4cc(Cl)ccc24)C3)c1. The number of aromatic nitrogens is 1. The molecule has 2 aliphatic carbocycles. The average Bonchev–Trinajstić information content (AvgIpc) is 3.57. The van der Waals surface area contributed by atoms with Crippen LogP contribution in [0.5, 0.6) is 5.75 Å². The first-order valence-corrected chi connectivity index (χ1v) is 12.1. The van der Waals surface area contributed by atoms with Crippen LogP contribution in [0.3, 0.4) is 0 Å². The normalized spacial score (nSPS) is 26.0. The second-order valence-electron chi connectivity index (χ2n) is 10.1. The lowest BCUT2D eigenvalue weighted by Crippen LogP contribution is -2.54. The third-order valence-corrected chi connectivity index (χ3v) is 8.56. The molecule has 0 radical (unpaired) electrons. The number of fused-ring (bicyclic) bond motifs is 4. The van der Waals surface area contributed by atoms with Crippen LogP contribution >= 0.6 is 11.6 Å². The molecule has 3 nitrogen and oxygen atoms in total. The van der Waals surface area contributed by atoms with Gasteiger partial charge in [-0.15, -0.1) is 0 Å². The van der Waals surface area contributed by atoms with Gasteiger partial charge in [0, 0.05) is 47.2 Å². The predicted molar refractivity (Wildman–Crippen MR) is 127 cm³/mol. The van der Waals surface area contributed by atoms with Crippen LogP contribution in [0, 0.1) is 11.8 Å². The molecule has 2 aromatic carbocycles. The van der Waals surface area contributed by atoms with Crippen molar-refractivity contribution in [2.45, 2.75) is 37.5 Å². The number of piperidine rings is 1. The topological polar surface area (TPSA) is 17.4 Å². The maximum Gasteiger partial charge on any atom is 0.119 e. The maximum absolute atomic E-state index is 6.37. The highest BCUT2D eigenvalue weighted by atomic mass is 35.5. The Morgan fingerprint density at radius 3 is 2.84 bits per heavy atom. The highest BCUT2D eigenvalue weighted by Crippen LogP contribution is 2.50. The van der Waals surface area contributed by atoms with Crippen LogP contribution in [-0.2, 0) is 25.3 Å². The van der Waals surface area contributed by atoms with E-state index in [2.05, 4.69) is 52.9 Å². The summed E-state index contributed by atoms with van der Waals surface area (Å²) in [5, 5.41) is 2.21. The molecule has 4 heteroatoms. The van der Waals surface area contributed by atoms with Crippen molar-refractivity contribution in [2.24, 2.45) is 18.9 Å². The molecular formula is C27H31ClN2O. The maximum atomic E-state index is 6.37. The summed E-state index contributed by atoms with van der Waals surface area (Å²) in [5.74, 6) is 2.55. The Bertz CT molecular complexity index is 1150. The van der Waals surface area contributed by atoms with Crippen LogP contribution in [0.25, 0.3) is 10.9 Å². The first-order valence-electron chi connectivity index (χ1n) is 11.7. The van der Waals surface area contributed by atoms with Crippen molar-refractivity contribution >= 4 is 22.5 Å². The number of aryl methyl sites for hydroxylation is 1. The summed E-state index contributed by atoms with van der Waals surface area (Å²) in [4.78, 5) is 2.76. The highest BCUT2D eigenvalue weighted by Gasteiger charge is 2.49. The molecule has 31 heavy (non-hydrogen) atoms. The van der Waals surface area contributed by atoms with E-state index in [1.807, 2.05) is 6.07 Å². The minimum atomic E-state index is 0.174. The first kappa shape index (κ1) is 19.7. The Kier molecular flexibility index (Phi) is 4.63. The van der Waals surface area contributed by atoms with Crippen molar-refractivity contribution in [3.05, 3.63) is 64.3 Å². The standard InChI is InChI=1S/C27H31ClN2O/c1-29-25-14-21(28)8-9-23(25)24-13-20-17-30(16-18-6-7-18)11-10-27(20,15-26(24)29)19-4-3-5-22(12-19)31-2/h3-5,8-9,12,14,18,20H,6-7,10-11,13,15-17H2,1-2H3. The molecule has 0 N–H and O–H groups in total. The number of likely N-dealkylation sites (tertiary alicyclic amines) is 1. The monoisotopic (exact) mass is 434 g/mol. The lowest BCUT2D eigenvalue weighted by molar-refractivity contribution is 0.0776. The van der Waals surface area contributed by atoms with E-state index in [0.29, 0.717) is 5.92 Å². The van der Waals surface area contributed by atoms with Crippen molar-refractivity contribution in [2.75, 3.05) is 26.7 Å². The number of benzene rings is 2. The fraction of sp³-hybridized carbons (Fsp3) is 0.481. The van der Waals surface area contributed by atoms with Crippen molar-refractivity contribution < 1.29 is 4.74 Å². The summed E-state index contributed by atoms with van der Waals surface area (Å²) < 4.78 is 8.04. The highest BCUT2D eigenvalue weighted by molar-refractivity contribution is 6.31. The van der Waals surface area contributed by atoms with Crippen LogP contribution in [0.4, 0.5) is 0 Å². The average molecular weight is 435 g/mol. The molecule has 0 amide bonds. The molecule has 1 saturated heterocycles. The van der Waals surface area contributed by atoms with Gasteiger partial charge in [0.1, 0.15) is 5.75 Å². The minimum absolute atomic E-state index is 0.174. The quantitative estimate of drug-likeness (QED) is 0.531. The van der Waals surface area contributed by atoms with Gasteiger partial charge in [0.15, 0.2) is 0 Å². The molecule has 2 atom stereocenters. The van der Waals surface area contributed by atoms with Gasteiger partial charge in [0.25, 0.3) is 0 Å². The molecule has 0 spiro atoms. The van der Waals surface area contributed by atoms with Crippen molar-refractivity contribution in [1.29, 1.82) is 0 Å². The van der Waals surface area contributed by atoms with Gasteiger partial charge < -0.3 is 14.2 Å². The largest absolute Gasteiger partial charge is 0.497 e. The molecule has 0 bridgehead atoms.